The van der Waals surface area contributed by atoms with Crippen LogP contribution in [0.15, 0.2) is 58.8 Å². The van der Waals surface area contributed by atoms with Gasteiger partial charge in [0.15, 0.2) is 0 Å². The van der Waals surface area contributed by atoms with E-state index in [9.17, 15) is 4.79 Å². The van der Waals surface area contributed by atoms with Crippen LogP contribution in [0.1, 0.15) is 15.9 Å². The van der Waals surface area contributed by atoms with Gasteiger partial charge in [0.1, 0.15) is 0 Å². The van der Waals surface area contributed by atoms with Crippen molar-refractivity contribution in [3.05, 3.63) is 59.7 Å². The van der Waals surface area contributed by atoms with Crippen LogP contribution in [0.25, 0.3) is 0 Å². The van der Waals surface area contributed by atoms with E-state index in [-0.39, 0.29) is 5.56 Å². The highest BCUT2D eigenvalue weighted by Crippen LogP contribution is 2.18. The third-order valence-electron chi connectivity index (χ3n) is 2.43. The molecule has 0 aliphatic carbocycles. The quantitative estimate of drug-likeness (QED) is 0.820. The molecule has 0 heterocycles. The van der Waals surface area contributed by atoms with Gasteiger partial charge in [-0.2, -0.15) is 10.2 Å². The van der Waals surface area contributed by atoms with E-state index in [1.54, 1.807) is 12.1 Å². The van der Waals surface area contributed by atoms with Crippen LogP contribution in [0.2, 0.25) is 0 Å². The van der Waals surface area contributed by atoms with Crippen molar-refractivity contribution in [1.29, 1.82) is 0 Å². The number of azo groups is 1. The number of carboxylic acid groups (broad SMARTS) is 1. The van der Waals surface area contributed by atoms with Gasteiger partial charge in [-0.3, -0.25) is 0 Å². The molecule has 4 nitrogen and oxygen atoms in total. The second kappa shape index (κ2) is 5.23. The molecule has 0 spiro atoms. The zero-order chi connectivity index (χ0) is 13.0. The van der Waals surface area contributed by atoms with Gasteiger partial charge >= 0.3 is 5.97 Å². The molecule has 0 atom stereocenters. The van der Waals surface area contributed by atoms with Crippen LogP contribution >= 0.6 is 0 Å². The fraction of sp³-hybridized carbons (Fsp3) is 0.0714. The molecule has 0 amide bonds. The third-order valence-corrected chi connectivity index (χ3v) is 2.43. The maximum Gasteiger partial charge on any atom is 0.335 e. The zero-order valence-corrected chi connectivity index (χ0v) is 9.87. The van der Waals surface area contributed by atoms with E-state index in [1.807, 2.05) is 31.2 Å². The molecule has 0 radical (unpaired) electrons. The van der Waals surface area contributed by atoms with Crippen LogP contribution in [0.3, 0.4) is 0 Å². The molecule has 0 bridgehead atoms. The van der Waals surface area contributed by atoms with Crippen molar-refractivity contribution in [2.75, 3.05) is 0 Å². The van der Waals surface area contributed by atoms with Crippen molar-refractivity contribution in [1.82, 2.24) is 0 Å². The number of rotatable bonds is 3. The highest BCUT2D eigenvalue weighted by atomic mass is 16.4. The Morgan fingerprint density at radius 2 is 1.33 bits per heavy atom. The highest BCUT2D eigenvalue weighted by Gasteiger charge is 2.00. The van der Waals surface area contributed by atoms with Crippen molar-refractivity contribution in [2.24, 2.45) is 10.2 Å². The maximum absolute atomic E-state index is 10.7. The maximum atomic E-state index is 10.7. The van der Waals surface area contributed by atoms with Crippen molar-refractivity contribution in [2.45, 2.75) is 6.92 Å². The molecular weight excluding hydrogens is 228 g/mol. The van der Waals surface area contributed by atoms with Gasteiger partial charge in [-0.25, -0.2) is 4.79 Å². The molecular formula is C14H12N2O2. The van der Waals surface area contributed by atoms with Crippen LogP contribution in [0.5, 0.6) is 0 Å². The van der Waals surface area contributed by atoms with E-state index in [4.69, 9.17) is 5.11 Å². The third kappa shape index (κ3) is 3.01. The molecule has 0 aromatic heterocycles. The molecule has 2 rings (SSSR count). The molecule has 0 saturated carbocycles. The number of aryl methyl sites for hydroxylation is 1. The first-order chi connectivity index (χ1) is 8.65. The van der Waals surface area contributed by atoms with E-state index >= 15 is 0 Å². The minimum absolute atomic E-state index is 0.240. The van der Waals surface area contributed by atoms with E-state index in [0.717, 1.165) is 5.69 Å². The number of nitrogens with zero attached hydrogens (tertiary/aromatic N) is 2. The fourth-order valence-electron chi connectivity index (χ4n) is 1.40. The summed E-state index contributed by atoms with van der Waals surface area (Å²) >= 11 is 0. The van der Waals surface area contributed by atoms with Gasteiger partial charge in [-0.1, -0.05) is 17.7 Å². The number of benzene rings is 2. The Balaban J connectivity index is 2.13. The SMILES string of the molecule is Cc1ccc(/N=N/c2ccc(C(=O)O)cc2)cc1. The number of hydrogen-bond donors (Lipinski definition) is 1. The zero-order valence-electron chi connectivity index (χ0n) is 9.87. The molecule has 0 aliphatic heterocycles. The minimum Gasteiger partial charge on any atom is -0.478 e. The average molecular weight is 240 g/mol. The highest BCUT2D eigenvalue weighted by molar-refractivity contribution is 5.87. The minimum atomic E-state index is -0.947. The van der Waals surface area contributed by atoms with E-state index < -0.39 is 5.97 Å². The molecule has 1 N–H and O–H groups in total. The Kier molecular flexibility index (Phi) is 3.48. The molecule has 2 aromatic rings. The number of aromatic carboxylic acids is 1. The second-order valence-electron chi connectivity index (χ2n) is 3.89. The summed E-state index contributed by atoms with van der Waals surface area (Å²) in [5, 5.41) is 16.9. The van der Waals surface area contributed by atoms with E-state index in [2.05, 4.69) is 10.2 Å². The normalized spacial score (nSPS) is 10.7. The molecule has 0 saturated heterocycles. The number of hydrogen-bond acceptors (Lipinski definition) is 3. The summed E-state index contributed by atoms with van der Waals surface area (Å²) in [6.07, 6.45) is 0. The largest absolute Gasteiger partial charge is 0.478 e. The molecule has 90 valence electrons. The van der Waals surface area contributed by atoms with Crippen LogP contribution in [0, 0.1) is 6.92 Å². The molecule has 0 aliphatic rings. The van der Waals surface area contributed by atoms with Gasteiger partial charge in [0.2, 0.25) is 0 Å². The Bertz CT molecular complexity index is 572. The average Bonchev–Trinajstić information content (AvgIpc) is 2.38. The summed E-state index contributed by atoms with van der Waals surface area (Å²) in [5.41, 5.74) is 2.80. The van der Waals surface area contributed by atoms with Gasteiger partial charge in [-0.05, 0) is 43.3 Å². The lowest BCUT2D eigenvalue weighted by Crippen LogP contribution is -1.93. The van der Waals surface area contributed by atoms with Crippen LogP contribution < -0.4 is 0 Å². The van der Waals surface area contributed by atoms with Gasteiger partial charge in [0.05, 0.1) is 16.9 Å². The topological polar surface area (TPSA) is 62.0 Å². The Morgan fingerprint density at radius 1 is 0.889 bits per heavy atom. The van der Waals surface area contributed by atoms with Gasteiger partial charge < -0.3 is 5.11 Å². The predicted molar refractivity (Wildman–Crippen MR) is 68.8 cm³/mol. The Labute approximate surface area is 105 Å². The monoisotopic (exact) mass is 240 g/mol. The van der Waals surface area contributed by atoms with Gasteiger partial charge in [0.25, 0.3) is 0 Å². The summed E-state index contributed by atoms with van der Waals surface area (Å²) in [6.45, 7) is 2.01. The summed E-state index contributed by atoms with van der Waals surface area (Å²) in [5.74, 6) is -0.947. The Morgan fingerprint density at radius 3 is 1.78 bits per heavy atom. The van der Waals surface area contributed by atoms with E-state index in [0.29, 0.717) is 5.69 Å². The number of carboxylic acids is 1. The van der Waals surface area contributed by atoms with Crippen molar-refractivity contribution in [3.63, 3.8) is 0 Å². The lowest BCUT2D eigenvalue weighted by atomic mass is 10.2. The molecule has 0 fully saturated rings. The van der Waals surface area contributed by atoms with Crippen LogP contribution in [-0.2, 0) is 0 Å². The van der Waals surface area contributed by atoms with Gasteiger partial charge in [-0.15, -0.1) is 0 Å². The first kappa shape index (κ1) is 12.0. The lowest BCUT2D eigenvalue weighted by Gasteiger charge is -1.96. The van der Waals surface area contributed by atoms with Crippen molar-refractivity contribution < 1.29 is 9.90 Å². The predicted octanol–water partition coefficient (Wildman–Crippen LogP) is 4.11. The second-order valence-corrected chi connectivity index (χ2v) is 3.89. The summed E-state index contributed by atoms with van der Waals surface area (Å²) in [4.78, 5) is 10.7. The molecule has 2 aromatic carbocycles. The molecule has 4 heteroatoms. The Hall–Kier alpha value is -2.49. The summed E-state index contributed by atoms with van der Waals surface area (Å²) in [6, 6.07) is 13.9. The number of carbonyl (C=O) groups is 1. The van der Waals surface area contributed by atoms with Crippen LogP contribution in [0.4, 0.5) is 11.4 Å². The first-order valence-corrected chi connectivity index (χ1v) is 5.47. The first-order valence-electron chi connectivity index (χ1n) is 5.47. The van der Waals surface area contributed by atoms with E-state index in [1.165, 1.54) is 17.7 Å². The standard InChI is InChI=1S/C14H12N2O2/c1-10-2-6-12(7-3-10)15-16-13-8-4-11(5-9-13)14(17)18/h2-9H,1H3,(H,17,18)/b16-15+. The summed E-state index contributed by atoms with van der Waals surface area (Å²) < 4.78 is 0. The van der Waals surface area contributed by atoms with Gasteiger partial charge in [0, 0.05) is 0 Å². The fourth-order valence-corrected chi connectivity index (χ4v) is 1.40. The lowest BCUT2D eigenvalue weighted by molar-refractivity contribution is 0.0697. The van der Waals surface area contributed by atoms with Crippen molar-refractivity contribution in [3.8, 4) is 0 Å². The molecule has 18 heavy (non-hydrogen) atoms. The molecule has 0 unspecified atom stereocenters. The van der Waals surface area contributed by atoms with Crippen LogP contribution in [-0.4, -0.2) is 11.1 Å². The smallest absolute Gasteiger partial charge is 0.335 e. The summed E-state index contributed by atoms with van der Waals surface area (Å²) in [7, 11) is 0. The van der Waals surface area contributed by atoms with Crippen molar-refractivity contribution >= 4 is 17.3 Å².